The molecule has 0 saturated carbocycles. The summed E-state index contributed by atoms with van der Waals surface area (Å²) < 4.78 is 38.0. The summed E-state index contributed by atoms with van der Waals surface area (Å²) in [6.07, 6.45) is 1.48. The van der Waals surface area contributed by atoms with Crippen LogP contribution in [0.25, 0.3) is 0 Å². The van der Waals surface area contributed by atoms with E-state index >= 15 is 0 Å². The van der Waals surface area contributed by atoms with Crippen LogP contribution < -0.4 is 10.0 Å². The van der Waals surface area contributed by atoms with Crippen molar-refractivity contribution in [2.24, 2.45) is 0 Å². The number of hydrogen-bond acceptors (Lipinski definition) is 6. The Kier molecular flexibility index (Phi) is 5.81. The van der Waals surface area contributed by atoms with Crippen LogP contribution >= 0.6 is 0 Å². The summed E-state index contributed by atoms with van der Waals surface area (Å²) in [5.74, 6) is 0.182. The van der Waals surface area contributed by atoms with E-state index in [-0.39, 0.29) is 22.0 Å². The van der Waals surface area contributed by atoms with Crippen molar-refractivity contribution in [3.63, 3.8) is 0 Å². The number of non-ortho nitro benzene ring substituents is 1. The Morgan fingerprint density at radius 3 is 2.52 bits per heavy atom. The average Bonchev–Trinajstić information content (AvgIpc) is 2.35. The highest BCUT2D eigenvalue weighted by atomic mass is 32.2. The van der Waals surface area contributed by atoms with Crippen molar-refractivity contribution in [1.82, 2.24) is 4.72 Å². The van der Waals surface area contributed by atoms with Crippen LogP contribution in [-0.4, -0.2) is 42.6 Å². The maximum absolute atomic E-state index is 12.3. The van der Waals surface area contributed by atoms with Crippen LogP contribution in [0, 0.1) is 10.1 Å². The van der Waals surface area contributed by atoms with Gasteiger partial charge in [-0.05, 0) is 13.0 Å². The van der Waals surface area contributed by atoms with Crippen molar-refractivity contribution in [3.8, 4) is 0 Å². The van der Waals surface area contributed by atoms with Crippen LogP contribution in [0.3, 0.4) is 0 Å². The molecule has 118 valence electrons. The summed E-state index contributed by atoms with van der Waals surface area (Å²) in [6.45, 7) is 1.60. The molecule has 0 radical (unpaired) electrons. The van der Waals surface area contributed by atoms with Crippen molar-refractivity contribution in [2.45, 2.75) is 17.9 Å². The highest BCUT2D eigenvalue weighted by Gasteiger charge is 2.23. The summed E-state index contributed by atoms with van der Waals surface area (Å²) in [6, 6.07) is 2.93. The van der Waals surface area contributed by atoms with Crippen molar-refractivity contribution in [1.29, 1.82) is 0 Å². The van der Waals surface area contributed by atoms with Gasteiger partial charge in [0.1, 0.15) is 4.90 Å². The molecule has 0 aliphatic carbocycles. The fourth-order valence-corrected chi connectivity index (χ4v) is 4.11. The molecule has 1 aromatic rings. The summed E-state index contributed by atoms with van der Waals surface area (Å²) in [5.41, 5.74) is -0.0810. The normalized spacial score (nSPS) is 14.4. The lowest BCUT2D eigenvalue weighted by molar-refractivity contribution is -0.384. The van der Waals surface area contributed by atoms with Gasteiger partial charge in [-0.3, -0.25) is 14.3 Å². The number of nitro groups is 1. The minimum atomic E-state index is -3.86. The summed E-state index contributed by atoms with van der Waals surface area (Å²) >= 11 is 0. The summed E-state index contributed by atoms with van der Waals surface area (Å²) in [7, 11) is -3.52. The number of nitrogens with one attached hydrogen (secondary N) is 2. The Morgan fingerprint density at radius 1 is 1.43 bits per heavy atom. The fraction of sp³-hybridized carbons (Fsp3) is 0.455. The minimum absolute atomic E-state index is 0.0932. The van der Waals surface area contributed by atoms with Crippen LogP contribution in [0.2, 0.25) is 0 Å². The van der Waals surface area contributed by atoms with E-state index in [4.69, 9.17) is 0 Å². The van der Waals surface area contributed by atoms with E-state index in [9.17, 15) is 22.7 Å². The molecule has 0 aromatic heterocycles. The average molecular weight is 335 g/mol. The van der Waals surface area contributed by atoms with E-state index in [0.29, 0.717) is 0 Å². The first-order valence-electron chi connectivity index (χ1n) is 5.96. The summed E-state index contributed by atoms with van der Waals surface area (Å²) in [4.78, 5) is 10.0. The van der Waals surface area contributed by atoms with E-state index < -0.39 is 31.8 Å². The molecule has 0 heterocycles. The highest BCUT2D eigenvalue weighted by Crippen LogP contribution is 2.26. The van der Waals surface area contributed by atoms with Gasteiger partial charge < -0.3 is 5.32 Å². The van der Waals surface area contributed by atoms with Gasteiger partial charge in [-0.1, -0.05) is 0 Å². The van der Waals surface area contributed by atoms with Crippen LogP contribution in [0.15, 0.2) is 23.1 Å². The monoisotopic (exact) mass is 335 g/mol. The van der Waals surface area contributed by atoms with Gasteiger partial charge in [-0.2, -0.15) is 0 Å². The molecule has 0 aliphatic heterocycles. The predicted octanol–water partition coefficient (Wildman–Crippen LogP) is 0.682. The molecule has 0 aliphatic rings. The van der Waals surface area contributed by atoms with Gasteiger partial charge in [-0.25, -0.2) is 13.1 Å². The topological polar surface area (TPSA) is 118 Å². The molecule has 0 amide bonds. The number of benzene rings is 1. The van der Waals surface area contributed by atoms with Crippen LogP contribution in [-0.2, 0) is 20.8 Å². The maximum Gasteiger partial charge on any atom is 0.271 e. The molecule has 2 atom stereocenters. The lowest BCUT2D eigenvalue weighted by atomic mass is 10.3. The third-order valence-corrected chi connectivity index (χ3v) is 5.19. The molecule has 21 heavy (non-hydrogen) atoms. The van der Waals surface area contributed by atoms with Crippen molar-refractivity contribution in [2.75, 3.05) is 24.4 Å². The molecule has 2 N–H and O–H groups in total. The van der Waals surface area contributed by atoms with E-state index in [1.807, 2.05) is 0 Å². The number of sulfonamides is 1. The molecule has 8 nitrogen and oxygen atoms in total. The molecular weight excluding hydrogens is 318 g/mol. The third-order valence-electron chi connectivity index (χ3n) is 2.57. The zero-order valence-electron chi connectivity index (χ0n) is 11.8. The first-order valence-corrected chi connectivity index (χ1v) is 9.17. The van der Waals surface area contributed by atoms with Crippen molar-refractivity contribution >= 4 is 32.2 Å². The van der Waals surface area contributed by atoms with E-state index in [1.165, 1.54) is 19.4 Å². The molecule has 0 bridgehead atoms. The number of nitro benzene ring substituents is 1. The number of hydrogen-bond donors (Lipinski definition) is 2. The Morgan fingerprint density at radius 2 is 2.05 bits per heavy atom. The molecule has 2 unspecified atom stereocenters. The van der Waals surface area contributed by atoms with Crippen LogP contribution in [0.1, 0.15) is 6.92 Å². The lowest BCUT2D eigenvalue weighted by Crippen LogP contribution is -2.36. The molecule has 1 rings (SSSR count). The maximum atomic E-state index is 12.3. The van der Waals surface area contributed by atoms with Gasteiger partial charge in [0.15, 0.2) is 0 Å². The second-order valence-electron chi connectivity index (χ2n) is 4.45. The molecule has 10 heteroatoms. The predicted molar refractivity (Wildman–Crippen MR) is 81.4 cm³/mol. The molecule has 0 spiro atoms. The number of rotatable bonds is 7. The zero-order valence-corrected chi connectivity index (χ0v) is 13.5. The van der Waals surface area contributed by atoms with Crippen LogP contribution in [0.5, 0.6) is 0 Å². The standard InChI is InChI=1S/C11H17N3O5S2/c1-8(7-20(3)17)13-21(18,19)11-5-4-9(14(15)16)6-10(11)12-2/h4-6,8,12-13H,7H2,1-3H3. The van der Waals surface area contributed by atoms with E-state index in [2.05, 4.69) is 10.0 Å². The van der Waals surface area contributed by atoms with Gasteiger partial charge in [0.25, 0.3) is 5.69 Å². The van der Waals surface area contributed by atoms with E-state index in [0.717, 1.165) is 12.1 Å². The molecular formula is C11H17N3O5S2. The minimum Gasteiger partial charge on any atom is -0.387 e. The van der Waals surface area contributed by atoms with Gasteiger partial charge in [0, 0.05) is 48.0 Å². The Bertz CT molecular complexity index is 660. The van der Waals surface area contributed by atoms with Crippen molar-refractivity contribution < 1.29 is 17.6 Å². The first-order chi connectivity index (χ1) is 9.67. The largest absolute Gasteiger partial charge is 0.387 e. The molecule has 0 fully saturated rings. The van der Waals surface area contributed by atoms with Crippen molar-refractivity contribution in [3.05, 3.63) is 28.3 Å². The van der Waals surface area contributed by atoms with Gasteiger partial charge in [0.05, 0.1) is 10.6 Å². The number of nitrogens with zero attached hydrogens (tertiary/aromatic N) is 1. The Balaban J connectivity index is 3.13. The Labute approximate surface area is 125 Å². The quantitative estimate of drug-likeness (QED) is 0.559. The fourth-order valence-electron chi connectivity index (χ4n) is 1.78. The Hall–Kier alpha value is -1.52. The second kappa shape index (κ2) is 6.96. The second-order valence-corrected chi connectivity index (χ2v) is 7.61. The van der Waals surface area contributed by atoms with Gasteiger partial charge >= 0.3 is 0 Å². The first kappa shape index (κ1) is 17.5. The summed E-state index contributed by atoms with van der Waals surface area (Å²) in [5, 5.41) is 13.3. The van der Waals surface area contributed by atoms with E-state index in [1.54, 1.807) is 6.92 Å². The zero-order chi connectivity index (χ0) is 16.2. The highest BCUT2D eigenvalue weighted by molar-refractivity contribution is 7.89. The SMILES string of the molecule is CNc1cc([N+](=O)[O-])ccc1S(=O)(=O)NC(C)CS(C)=O. The smallest absolute Gasteiger partial charge is 0.271 e. The van der Waals surface area contributed by atoms with Gasteiger partial charge in [0.2, 0.25) is 10.0 Å². The lowest BCUT2D eigenvalue weighted by Gasteiger charge is -2.15. The van der Waals surface area contributed by atoms with Crippen LogP contribution in [0.4, 0.5) is 11.4 Å². The van der Waals surface area contributed by atoms with Gasteiger partial charge in [-0.15, -0.1) is 0 Å². The number of anilines is 1. The third kappa shape index (κ3) is 4.76. The molecule has 0 saturated heterocycles. The molecule has 1 aromatic carbocycles.